The van der Waals surface area contributed by atoms with Crippen molar-refractivity contribution in [3.8, 4) is 0 Å². The Labute approximate surface area is 127 Å². The van der Waals surface area contributed by atoms with Crippen LogP contribution in [-0.4, -0.2) is 4.98 Å². The monoisotopic (exact) mass is 306 g/mol. The van der Waals surface area contributed by atoms with Crippen molar-refractivity contribution < 1.29 is 13.2 Å². The molecule has 2 atom stereocenters. The van der Waals surface area contributed by atoms with Crippen LogP contribution in [0.1, 0.15) is 43.0 Å². The molecule has 0 aliphatic heterocycles. The number of hydrogen-bond donors (Lipinski definition) is 1. The van der Waals surface area contributed by atoms with Gasteiger partial charge >= 0.3 is 0 Å². The van der Waals surface area contributed by atoms with E-state index in [-0.39, 0.29) is 18.0 Å². The molecule has 2 aromatic rings. The van der Waals surface area contributed by atoms with Crippen molar-refractivity contribution in [3.63, 3.8) is 0 Å². The number of aromatic nitrogens is 1. The third-order valence-electron chi connectivity index (χ3n) is 4.04. The topological polar surface area (TPSA) is 24.9 Å². The summed E-state index contributed by atoms with van der Waals surface area (Å²) < 4.78 is 40.8. The van der Waals surface area contributed by atoms with Crippen molar-refractivity contribution in [2.24, 2.45) is 5.92 Å². The van der Waals surface area contributed by atoms with Crippen LogP contribution in [0.3, 0.4) is 0 Å². The van der Waals surface area contributed by atoms with Gasteiger partial charge in [-0.2, -0.15) is 0 Å². The maximum atomic E-state index is 14.0. The van der Waals surface area contributed by atoms with Crippen LogP contribution in [0.2, 0.25) is 0 Å². The Bertz CT molecular complexity index is 671. The molecule has 1 aliphatic carbocycles. The molecule has 3 rings (SSSR count). The van der Waals surface area contributed by atoms with Crippen LogP contribution in [0, 0.1) is 23.4 Å². The van der Waals surface area contributed by atoms with E-state index in [0.29, 0.717) is 11.1 Å². The summed E-state index contributed by atoms with van der Waals surface area (Å²) in [6.07, 6.45) is 4.66. The molecule has 0 amide bonds. The largest absolute Gasteiger partial charge is 0.303 e. The Hall–Kier alpha value is -1.88. The van der Waals surface area contributed by atoms with Gasteiger partial charge < -0.3 is 5.32 Å². The first-order valence-corrected chi connectivity index (χ1v) is 7.36. The van der Waals surface area contributed by atoms with Gasteiger partial charge in [0.25, 0.3) is 0 Å². The number of halogens is 3. The Balaban J connectivity index is 1.84. The van der Waals surface area contributed by atoms with E-state index in [9.17, 15) is 13.2 Å². The van der Waals surface area contributed by atoms with Crippen LogP contribution < -0.4 is 5.32 Å². The highest BCUT2D eigenvalue weighted by Crippen LogP contribution is 2.43. The molecule has 1 heterocycles. The van der Waals surface area contributed by atoms with Crippen LogP contribution in [0.5, 0.6) is 0 Å². The summed E-state index contributed by atoms with van der Waals surface area (Å²) in [4.78, 5) is 3.83. The van der Waals surface area contributed by atoms with Gasteiger partial charge in [-0.1, -0.05) is 0 Å². The molecule has 0 radical (unpaired) electrons. The molecule has 0 bridgehead atoms. The molecule has 1 fully saturated rings. The number of hydrogen-bond acceptors (Lipinski definition) is 2. The normalized spacial score (nSPS) is 17.3. The minimum absolute atomic E-state index is 0.212. The highest BCUT2D eigenvalue weighted by atomic mass is 19.1. The molecule has 5 heteroatoms. The highest BCUT2D eigenvalue weighted by molar-refractivity contribution is 5.25. The molecular formula is C17H17F3N2. The summed E-state index contributed by atoms with van der Waals surface area (Å²) in [5.74, 6) is -1.01. The minimum Gasteiger partial charge on any atom is -0.303 e. The van der Waals surface area contributed by atoms with Crippen molar-refractivity contribution in [1.29, 1.82) is 0 Å². The van der Waals surface area contributed by atoms with Crippen molar-refractivity contribution in [2.45, 2.75) is 31.8 Å². The third kappa shape index (κ3) is 3.30. The van der Waals surface area contributed by atoms with Gasteiger partial charge in [-0.3, -0.25) is 4.98 Å². The smallest absolute Gasteiger partial charge is 0.141 e. The second kappa shape index (κ2) is 6.08. The summed E-state index contributed by atoms with van der Waals surface area (Å²) in [7, 11) is 0. The fourth-order valence-corrected chi connectivity index (χ4v) is 2.69. The number of nitrogens with one attached hydrogen (secondary N) is 1. The van der Waals surface area contributed by atoms with E-state index in [1.165, 1.54) is 12.1 Å². The quantitative estimate of drug-likeness (QED) is 0.891. The van der Waals surface area contributed by atoms with E-state index < -0.39 is 17.5 Å². The van der Waals surface area contributed by atoms with Gasteiger partial charge in [-0.15, -0.1) is 0 Å². The van der Waals surface area contributed by atoms with E-state index in [0.717, 1.165) is 31.2 Å². The number of nitrogens with zero attached hydrogens (tertiary/aromatic N) is 1. The maximum absolute atomic E-state index is 14.0. The summed E-state index contributed by atoms with van der Waals surface area (Å²) in [5, 5.41) is 3.29. The van der Waals surface area contributed by atoms with Gasteiger partial charge in [0.15, 0.2) is 0 Å². The zero-order valence-corrected chi connectivity index (χ0v) is 12.2. The average molecular weight is 306 g/mol. The number of benzene rings is 1. The SMILES string of the molecule is C[C@H](N[C@@H](c1cc(F)ccc1F)C1CC1)c1cncc(F)c1. The van der Waals surface area contributed by atoms with Crippen LogP contribution >= 0.6 is 0 Å². The van der Waals surface area contributed by atoms with Gasteiger partial charge in [0.1, 0.15) is 17.5 Å². The molecule has 116 valence electrons. The van der Waals surface area contributed by atoms with Crippen molar-refractivity contribution in [2.75, 3.05) is 0 Å². The summed E-state index contributed by atoms with van der Waals surface area (Å²) in [6, 6.07) is 4.41. The fourth-order valence-electron chi connectivity index (χ4n) is 2.69. The molecule has 1 aromatic carbocycles. The maximum Gasteiger partial charge on any atom is 0.141 e. The second-order valence-corrected chi connectivity index (χ2v) is 5.81. The molecule has 0 spiro atoms. The first kappa shape index (κ1) is 15.0. The second-order valence-electron chi connectivity index (χ2n) is 5.81. The first-order valence-electron chi connectivity index (χ1n) is 7.36. The average Bonchev–Trinajstić information content (AvgIpc) is 3.32. The number of rotatable bonds is 5. The Morgan fingerprint density at radius 1 is 1.09 bits per heavy atom. The molecular weight excluding hydrogens is 289 g/mol. The van der Waals surface area contributed by atoms with E-state index in [1.807, 2.05) is 6.92 Å². The lowest BCUT2D eigenvalue weighted by molar-refractivity contribution is 0.408. The highest BCUT2D eigenvalue weighted by Gasteiger charge is 2.35. The van der Waals surface area contributed by atoms with E-state index >= 15 is 0 Å². The predicted octanol–water partition coefficient (Wildman–Crippen LogP) is 4.30. The molecule has 1 aromatic heterocycles. The third-order valence-corrected chi connectivity index (χ3v) is 4.04. The van der Waals surface area contributed by atoms with Crippen LogP contribution in [0.25, 0.3) is 0 Å². The molecule has 1 N–H and O–H groups in total. The minimum atomic E-state index is -0.455. The molecule has 0 unspecified atom stereocenters. The zero-order chi connectivity index (χ0) is 15.7. The van der Waals surface area contributed by atoms with E-state index in [1.54, 1.807) is 6.20 Å². The van der Waals surface area contributed by atoms with Gasteiger partial charge in [-0.05, 0) is 55.5 Å². The summed E-state index contributed by atoms with van der Waals surface area (Å²) in [5.41, 5.74) is 1.01. The van der Waals surface area contributed by atoms with Crippen molar-refractivity contribution >= 4 is 0 Å². The standard InChI is InChI=1S/C17H17F3N2/c1-10(12-6-14(19)9-21-8-12)22-17(11-2-3-11)15-7-13(18)4-5-16(15)20/h4-11,17,22H,2-3H2,1H3/t10-,17+/m0/s1. The van der Waals surface area contributed by atoms with Gasteiger partial charge in [0.2, 0.25) is 0 Å². The number of pyridine rings is 1. The molecule has 22 heavy (non-hydrogen) atoms. The lowest BCUT2D eigenvalue weighted by Gasteiger charge is -2.24. The Morgan fingerprint density at radius 2 is 1.86 bits per heavy atom. The lowest BCUT2D eigenvalue weighted by Crippen LogP contribution is -2.27. The van der Waals surface area contributed by atoms with Crippen molar-refractivity contribution in [1.82, 2.24) is 10.3 Å². The molecule has 2 nitrogen and oxygen atoms in total. The van der Waals surface area contributed by atoms with Gasteiger partial charge in [0.05, 0.1) is 6.20 Å². The summed E-state index contributed by atoms with van der Waals surface area (Å²) >= 11 is 0. The zero-order valence-electron chi connectivity index (χ0n) is 12.2. The van der Waals surface area contributed by atoms with E-state index in [4.69, 9.17) is 0 Å². The Morgan fingerprint density at radius 3 is 2.55 bits per heavy atom. The van der Waals surface area contributed by atoms with E-state index in [2.05, 4.69) is 10.3 Å². The predicted molar refractivity (Wildman–Crippen MR) is 77.6 cm³/mol. The molecule has 1 aliphatic rings. The molecule has 1 saturated carbocycles. The summed E-state index contributed by atoms with van der Waals surface area (Å²) in [6.45, 7) is 1.86. The van der Waals surface area contributed by atoms with Gasteiger partial charge in [0, 0.05) is 23.8 Å². The van der Waals surface area contributed by atoms with Gasteiger partial charge in [-0.25, -0.2) is 13.2 Å². The van der Waals surface area contributed by atoms with Crippen LogP contribution in [-0.2, 0) is 0 Å². The van der Waals surface area contributed by atoms with Crippen molar-refractivity contribution in [3.05, 3.63) is 65.2 Å². The van der Waals surface area contributed by atoms with Crippen LogP contribution in [0.15, 0.2) is 36.7 Å². The first-order chi connectivity index (χ1) is 10.5. The molecule has 0 saturated heterocycles. The lowest BCUT2D eigenvalue weighted by atomic mass is 9.99. The fraction of sp³-hybridized carbons (Fsp3) is 0.353. The van der Waals surface area contributed by atoms with Crippen LogP contribution in [0.4, 0.5) is 13.2 Å². The Kier molecular flexibility index (Phi) is 4.16.